The van der Waals surface area contributed by atoms with Crippen molar-refractivity contribution in [2.75, 3.05) is 6.61 Å². The van der Waals surface area contributed by atoms with Crippen LogP contribution in [0.3, 0.4) is 0 Å². The van der Waals surface area contributed by atoms with Crippen molar-refractivity contribution < 1.29 is 9.90 Å². The number of amides is 2. The van der Waals surface area contributed by atoms with Gasteiger partial charge in [0, 0.05) is 0 Å². The Balaban J connectivity index is 0. The Morgan fingerprint density at radius 3 is 2.00 bits per heavy atom. The van der Waals surface area contributed by atoms with Crippen LogP contribution in [0.1, 0.15) is 6.92 Å². The van der Waals surface area contributed by atoms with Gasteiger partial charge in [0.25, 0.3) is 0 Å². The molecule has 0 aromatic rings. The van der Waals surface area contributed by atoms with E-state index in [0.717, 1.165) is 0 Å². The standard InChI is InChI=1S/C4H8O.CH4N2O/c1-2-3-4-5;2-1(3)4/h2-3,5H,4H2,1H3;(H4,2,3,4). The van der Waals surface area contributed by atoms with Crippen LogP contribution in [0.5, 0.6) is 0 Å². The Morgan fingerprint density at radius 2 is 2.00 bits per heavy atom. The molecule has 0 aromatic heterocycles. The molecule has 0 rings (SSSR count). The van der Waals surface area contributed by atoms with Crippen LogP contribution in [0.2, 0.25) is 0 Å². The molecule has 0 aliphatic carbocycles. The lowest BCUT2D eigenvalue weighted by atomic mass is 10.6. The van der Waals surface area contributed by atoms with Crippen LogP contribution in [0.15, 0.2) is 12.2 Å². The van der Waals surface area contributed by atoms with Crippen LogP contribution in [0.25, 0.3) is 0 Å². The molecule has 2 amide bonds. The van der Waals surface area contributed by atoms with Gasteiger partial charge in [-0.05, 0) is 6.92 Å². The van der Waals surface area contributed by atoms with Crippen LogP contribution in [0, 0.1) is 0 Å². The second-order valence-electron chi connectivity index (χ2n) is 1.15. The van der Waals surface area contributed by atoms with Crippen molar-refractivity contribution in [1.29, 1.82) is 0 Å². The zero-order valence-electron chi connectivity index (χ0n) is 5.37. The van der Waals surface area contributed by atoms with Gasteiger partial charge in [0.05, 0.1) is 6.61 Å². The maximum absolute atomic E-state index is 9.00. The summed E-state index contributed by atoms with van der Waals surface area (Å²) in [5.41, 5.74) is 8.50. The predicted octanol–water partition coefficient (Wildman–Crippen LogP) is -0.421. The van der Waals surface area contributed by atoms with Gasteiger partial charge in [-0.3, -0.25) is 0 Å². The number of aliphatic hydroxyl groups excluding tert-OH is 1. The highest BCUT2D eigenvalue weighted by Gasteiger charge is 1.60. The van der Waals surface area contributed by atoms with Crippen LogP contribution in [0.4, 0.5) is 4.79 Å². The van der Waals surface area contributed by atoms with E-state index < -0.39 is 6.03 Å². The van der Waals surface area contributed by atoms with Crippen molar-refractivity contribution in [1.82, 2.24) is 0 Å². The zero-order chi connectivity index (χ0) is 7.70. The molecule has 0 radical (unpaired) electrons. The third kappa shape index (κ3) is 183. The van der Waals surface area contributed by atoms with Crippen molar-refractivity contribution in [3.05, 3.63) is 12.2 Å². The molecule has 0 bridgehead atoms. The third-order valence-electron chi connectivity index (χ3n) is 0.341. The maximum atomic E-state index is 9.00. The number of carbonyl (C=O) groups excluding carboxylic acids is 1. The summed E-state index contributed by atoms with van der Waals surface area (Å²) in [4.78, 5) is 9.00. The molecule has 0 heterocycles. The van der Waals surface area contributed by atoms with Crippen molar-refractivity contribution in [3.63, 3.8) is 0 Å². The number of urea groups is 1. The van der Waals surface area contributed by atoms with Gasteiger partial charge < -0.3 is 16.6 Å². The number of allylic oxidation sites excluding steroid dienone is 1. The summed E-state index contributed by atoms with van der Waals surface area (Å²) in [6, 6.07) is -0.833. The number of nitrogens with two attached hydrogens (primary N) is 2. The summed E-state index contributed by atoms with van der Waals surface area (Å²) in [7, 11) is 0. The van der Waals surface area contributed by atoms with E-state index in [1.807, 2.05) is 6.92 Å². The van der Waals surface area contributed by atoms with Gasteiger partial charge in [0.1, 0.15) is 0 Å². The minimum absolute atomic E-state index is 0.163. The Labute approximate surface area is 54.2 Å². The average Bonchev–Trinajstić information content (AvgIpc) is 1.66. The summed E-state index contributed by atoms with van der Waals surface area (Å²) in [5, 5.41) is 7.98. The third-order valence-corrected chi connectivity index (χ3v) is 0.341. The number of aliphatic hydroxyl groups is 1. The summed E-state index contributed by atoms with van der Waals surface area (Å²) < 4.78 is 0. The normalized spacial score (nSPS) is 8.22. The second kappa shape index (κ2) is 10.1. The molecule has 5 N–H and O–H groups in total. The Hall–Kier alpha value is -1.03. The van der Waals surface area contributed by atoms with Gasteiger partial charge in [-0.25, -0.2) is 4.79 Å². The fraction of sp³-hybridized carbons (Fsp3) is 0.400. The number of rotatable bonds is 1. The molecule has 0 fully saturated rings. The van der Waals surface area contributed by atoms with E-state index in [0.29, 0.717) is 0 Å². The van der Waals surface area contributed by atoms with E-state index in [4.69, 9.17) is 9.90 Å². The first-order valence-corrected chi connectivity index (χ1v) is 2.42. The van der Waals surface area contributed by atoms with E-state index in [2.05, 4.69) is 11.5 Å². The molecule has 0 saturated carbocycles. The Kier molecular flexibility index (Phi) is 12.1. The molecule has 0 aliphatic rings. The minimum Gasteiger partial charge on any atom is -0.392 e. The quantitative estimate of drug-likeness (QED) is 0.423. The summed E-state index contributed by atoms with van der Waals surface area (Å²) in [5.74, 6) is 0. The molecular weight excluding hydrogens is 120 g/mol. The highest BCUT2D eigenvalue weighted by atomic mass is 16.2. The van der Waals surface area contributed by atoms with Gasteiger partial charge in [0.2, 0.25) is 0 Å². The van der Waals surface area contributed by atoms with Crippen LogP contribution in [-0.2, 0) is 0 Å². The van der Waals surface area contributed by atoms with Crippen LogP contribution >= 0.6 is 0 Å². The molecule has 9 heavy (non-hydrogen) atoms. The molecule has 4 nitrogen and oxygen atoms in total. The first-order valence-electron chi connectivity index (χ1n) is 2.42. The van der Waals surface area contributed by atoms with Gasteiger partial charge in [-0.2, -0.15) is 0 Å². The number of primary amides is 2. The van der Waals surface area contributed by atoms with E-state index in [9.17, 15) is 0 Å². The fourth-order valence-corrected chi connectivity index (χ4v) is 0.105. The summed E-state index contributed by atoms with van der Waals surface area (Å²) in [6.07, 6.45) is 3.49. The molecule has 0 saturated heterocycles. The average molecular weight is 132 g/mol. The zero-order valence-corrected chi connectivity index (χ0v) is 5.37. The monoisotopic (exact) mass is 132 g/mol. The molecule has 0 spiro atoms. The summed E-state index contributed by atoms with van der Waals surface area (Å²) >= 11 is 0. The van der Waals surface area contributed by atoms with Crippen LogP contribution < -0.4 is 11.5 Å². The lowest BCUT2D eigenvalue weighted by molar-refractivity contribution is 0.256. The molecule has 0 aliphatic heterocycles. The lowest BCUT2D eigenvalue weighted by Gasteiger charge is -1.66. The fourth-order valence-electron chi connectivity index (χ4n) is 0.105. The molecule has 54 valence electrons. The number of hydrogen-bond acceptors (Lipinski definition) is 2. The number of hydrogen-bond donors (Lipinski definition) is 3. The first kappa shape index (κ1) is 10.9. The van der Waals surface area contributed by atoms with E-state index >= 15 is 0 Å². The summed E-state index contributed by atoms with van der Waals surface area (Å²) in [6.45, 7) is 2.03. The van der Waals surface area contributed by atoms with Gasteiger partial charge in [0.15, 0.2) is 0 Å². The SMILES string of the molecule is CC=CCO.NC(N)=O. The Morgan fingerprint density at radius 1 is 1.67 bits per heavy atom. The van der Waals surface area contributed by atoms with E-state index in [1.165, 1.54) is 0 Å². The van der Waals surface area contributed by atoms with Gasteiger partial charge in [-0.15, -0.1) is 0 Å². The molecule has 0 atom stereocenters. The van der Waals surface area contributed by atoms with Gasteiger partial charge in [-0.1, -0.05) is 12.2 Å². The van der Waals surface area contributed by atoms with Crippen molar-refractivity contribution in [2.45, 2.75) is 6.92 Å². The molecule has 4 heteroatoms. The second-order valence-corrected chi connectivity index (χ2v) is 1.15. The van der Waals surface area contributed by atoms with E-state index in [1.54, 1.807) is 12.2 Å². The topological polar surface area (TPSA) is 89.3 Å². The maximum Gasteiger partial charge on any atom is 0.309 e. The lowest BCUT2D eigenvalue weighted by Crippen LogP contribution is -2.18. The highest BCUT2D eigenvalue weighted by Crippen LogP contribution is 1.60. The largest absolute Gasteiger partial charge is 0.392 e. The molecular formula is C5H12N2O2. The number of carbonyl (C=O) groups is 1. The first-order chi connectivity index (χ1) is 4.15. The highest BCUT2D eigenvalue weighted by molar-refractivity contribution is 5.69. The van der Waals surface area contributed by atoms with E-state index in [-0.39, 0.29) is 6.61 Å². The van der Waals surface area contributed by atoms with Gasteiger partial charge >= 0.3 is 6.03 Å². The minimum atomic E-state index is -0.833. The van der Waals surface area contributed by atoms with Crippen LogP contribution in [-0.4, -0.2) is 17.7 Å². The van der Waals surface area contributed by atoms with Crippen molar-refractivity contribution in [2.24, 2.45) is 11.5 Å². The predicted molar refractivity (Wildman–Crippen MR) is 35.7 cm³/mol. The molecule has 0 unspecified atom stereocenters. The van der Waals surface area contributed by atoms with Crippen molar-refractivity contribution in [3.8, 4) is 0 Å². The smallest absolute Gasteiger partial charge is 0.309 e. The Bertz CT molecular complexity index is 87.0. The molecule has 0 aromatic carbocycles. The van der Waals surface area contributed by atoms with Crippen molar-refractivity contribution >= 4 is 6.03 Å².